The number of ether oxygens (including phenoxy) is 1. The van der Waals surface area contributed by atoms with Gasteiger partial charge in [0.25, 0.3) is 0 Å². The Bertz CT molecular complexity index is 252. The molecule has 0 heterocycles. The summed E-state index contributed by atoms with van der Waals surface area (Å²) in [5.41, 5.74) is -2.04. The molecular formula is C10H18FNO3. The molecule has 0 saturated heterocycles. The maximum absolute atomic E-state index is 13.2. The van der Waals surface area contributed by atoms with Gasteiger partial charge in [-0.05, 0) is 27.2 Å². The summed E-state index contributed by atoms with van der Waals surface area (Å²) in [6.45, 7) is 5.02. The van der Waals surface area contributed by atoms with Crippen LogP contribution in [-0.4, -0.2) is 35.6 Å². The fourth-order valence-electron chi connectivity index (χ4n) is 1.32. The van der Waals surface area contributed by atoms with Crippen molar-refractivity contribution < 1.29 is 19.0 Å². The Hall–Kier alpha value is -0.840. The zero-order valence-corrected chi connectivity index (χ0v) is 9.34. The molecule has 0 bridgehead atoms. The van der Waals surface area contributed by atoms with Gasteiger partial charge in [0.05, 0.1) is 6.61 Å². The summed E-state index contributed by atoms with van der Waals surface area (Å²) >= 11 is 0. The van der Waals surface area contributed by atoms with Crippen LogP contribution in [0.15, 0.2) is 0 Å². The second-order valence-corrected chi connectivity index (χ2v) is 4.98. The summed E-state index contributed by atoms with van der Waals surface area (Å²) < 4.78 is 18.2. The number of aliphatic hydroxyl groups is 1. The predicted molar refractivity (Wildman–Crippen MR) is 53.3 cm³/mol. The van der Waals surface area contributed by atoms with E-state index in [9.17, 15) is 9.18 Å². The summed E-state index contributed by atoms with van der Waals surface area (Å²) in [4.78, 5) is 11.2. The molecule has 1 aliphatic carbocycles. The molecule has 2 atom stereocenters. The van der Waals surface area contributed by atoms with E-state index < -0.39 is 24.0 Å². The molecule has 2 N–H and O–H groups in total. The largest absolute Gasteiger partial charge is 0.444 e. The van der Waals surface area contributed by atoms with Crippen LogP contribution in [0.3, 0.4) is 0 Å². The smallest absolute Gasteiger partial charge is 0.407 e. The highest BCUT2D eigenvalue weighted by molar-refractivity contribution is 5.67. The van der Waals surface area contributed by atoms with Crippen molar-refractivity contribution >= 4 is 6.09 Å². The van der Waals surface area contributed by atoms with Gasteiger partial charge in [-0.25, -0.2) is 9.18 Å². The van der Waals surface area contributed by atoms with Crippen molar-refractivity contribution in [3.63, 3.8) is 0 Å². The van der Waals surface area contributed by atoms with Gasteiger partial charge in [0.2, 0.25) is 0 Å². The van der Waals surface area contributed by atoms with Gasteiger partial charge >= 0.3 is 6.09 Å². The van der Waals surface area contributed by atoms with Gasteiger partial charge in [0.15, 0.2) is 0 Å². The number of halogens is 1. The summed E-state index contributed by atoms with van der Waals surface area (Å²) in [5.74, 6) is -0.282. The van der Waals surface area contributed by atoms with Gasteiger partial charge in [-0.15, -0.1) is 0 Å². The minimum atomic E-state index is -1.49. The highest BCUT2D eigenvalue weighted by Crippen LogP contribution is 2.46. The highest BCUT2D eigenvalue weighted by Gasteiger charge is 2.54. The lowest BCUT2D eigenvalue weighted by atomic mass is 10.2. The van der Waals surface area contributed by atoms with E-state index in [0.29, 0.717) is 6.42 Å². The quantitative estimate of drug-likeness (QED) is 0.750. The summed E-state index contributed by atoms with van der Waals surface area (Å²) in [5, 5.41) is 11.1. The number of alkyl carbamates (subject to hydrolysis) is 1. The van der Waals surface area contributed by atoms with Crippen LogP contribution in [0.5, 0.6) is 0 Å². The number of nitrogens with one attached hydrogen (secondary N) is 1. The number of rotatable bonds is 3. The third kappa shape index (κ3) is 3.66. The molecule has 1 aliphatic rings. The molecule has 1 saturated carbocycles. The summed E-state index contributed by atoms with van der Waals surface area (Å²) in [6, 6.07) is 0. The van der Waals surface area contributed by atoms with E-state index in [1.165, 1.54) is 0 Å². The second kappa shape index (κ2) is 3.96. The van der Waals surface area contributed by atoms with Crippen molar-refractivity contribution in [3.05, 3.63) is 0 Å². The number of hydrogen-bond acceptors (Lipinski definition) is 3. The number of alkyl halides is 1. The van der Waals surface area contributed by atoms with Crippen LogP contribution < -0.4 is 5.32 Å². The van der Waals surface area contributed by atoms with Crippen molar-refractivity contribution in [2.45, 2.75) is 38.5 Å². The van der Waals surface area contributed by atoms with E-state index in [4.69, 9.17) is 9.84 Å². The molecule has 0 radical (unpaired) electrons. The Balaban J connectivity index is 2.20. The molecule has 1 amide bonds. The zero-order valence-electron chi connectivity index (χ0n) is 9.34. The number of carbonyl (C=O) groups excluding carboxylic acids is 1. The first-order valence-electron chi connectivity index (χ1n) is 5.03. The first-order valence-corrected chi connectivity index (χ1v) is 5.03. The van der Waals surface area contributed by atoms with Gasteiger partial charge < -0.3 is 15.2 Å². The topological polar surface area (TPSA) is 58.6 Å². The van der Waals surface area contributed by atoms with Crippen molar-refractivity contribution in [2.75, 3.05) is 13.2 Å². The van der Waals surface area contributed by atoms with Crippen molar-refractivity contribution in [2.24, 2.45) is 5.92 Å². The van der Waals surface area contributed by atoms with E-state index in [0.717, 1.165) is 0 Å². The first-order chi connectivity index (χ1) is 6.77. The summed E-state index contributed by atoms with van der Waals surface area (Å²) in [7, 11) is 0. The van der Waals surface area contributed by atoms with Crippen molar-refractivity contribution in [3.8, 4) is 0 Å². The molecule has 0 spiro atoms. The minimum absolute atomic E-state index is 0.214. The number of carbonyl (C=O) groups is 1. The number of aliphatic hydroxyl groups excluding tert-OH is 1. The Labute approximate surface area is 88.8 Å². The lowest BCUT2D eigenvalue weighted by Gasteiger charge is -2.19. The normalized spacial score (nSPS) is 29.8. The van der Waals surface area contributed by atoms with E-state index in [-0.39, 0.29) is 12.5 Å². The fraction of sp³-hybridized carbons (Fsp3) is 0.900. The van der Waals surface area contributed by atoms with Gasteiger partial charge in [-0.1, -0.05) is 0 Å². The molecule has 4 nitrogen and oxygen atoms in total. The van der Waals surface area contributed by atoms with Gasteiger partial charge in [0, 0.05) is 12.5 Å². The molecule has 15 heavy (non-hydrogen) atoms. The van der Waals surface area contributed by atoms with E-state index in [1.807, 2.05) is 0 Å². The molecule has 0 aromatic carbocycles. The second-order valence-electron chi connectivity index (χ2n) is 4.98. The molecule has 0 aliphatic heterocycles. The maximum Gasteiger partial charge on any atom is 0.407 e. The average Bonchev–Trinajstić information content (AvgIpc) is 2.72. The van der Waals surface area contributed by atoms with Crippen molar-refractivity contribution in [1.82, 2.24) is 5.32 Å². The Morgan fingerprint density at radius 3 is 2.67 bits per heavy atom. The van der Waals surface area contributed by atoms with E-state index >= 15 is 0 Å². The number of hydrogen-bond donors (Lipinski definition) is 2. The highest BCUT2D eigenvalue weighted by atomic mass is 19.1. The average molecular weight is 219 g/mol. The minimum Gasteiger partial charge on any atom is -0.444 e. The molecule has 1 fully saturated rings. The van der Waals surface area contributed by atoms with E-state index in [1.54, 1.807) is 20.8 Å². The Kier molecular flexibility index (Phi) is 3.23. The molecular weight excluding hydrogens is 201 g/mol. The van der Waals surface area contributed by atoms with Crippen LogP contribution in [0.2, 0.25) is 0 Å². The monoisotopic (exact) mass is 219 g/mol. The van der Waals surface area contributed by atoms with Crippen LogP contribution >= 0.6 is 0 Å². The lowest BCUT2D eigenvalue weighted by Crippen LogP contribution is -2.34. The van der Waals surface area contributed by atoms with Gasteiger partial charge in [0.1, 0.15) is 11.3 Å². The summed E-state index contributed by atoms with van der Waals surface area (Å²) in [6.07, 6.45) is -0.242. The maximum atomic E-state index is 13.2. The SMILES string of the molecule is CC(C)(C)OC(=O)NC[C@@H]1C[C@]1(F)CO. The van der Waals surface area contributed by atoms with Crippen LogP contribution in [0.4, 0.5) is 9.18 Å². The van der Waals surface area contributed by atoms with Crippen molar-refractivity contribution in [1.29, 1.82) is 0 Å². The van der Waals surface area contributed by atoms with Crippen LogP contribution in [0.1, 0.15) is 27.2 Å². The van der Waals surface area contributed by atoms with Gasteiger partial charge in [-0.3, -0.25) is 0 Å². The third-order valence-corrected chi connectivity index (χ3v) is 2.31. The lowest BCUT2D eigenvalue weighted by molar-refractivity contribution is 0.0519. The zero-order chi connectivity index (χ0) is 11.7. The molecule has 1 rings (SSSR count). The molecule has 0 unspecified atom stereocenters. The molecule has 0 aromatic rings. The molecule has 88 valence electrons. The fourth-order valence-corrected chi connectivity index (χ4v) is 1.32. The predicted octanol–water partition coefficient (Wildman–Crippen LogP) is 1.23. The van der Waals surface area contributed by atoms with Crippen LogP contribution in [-0.2, 0) is 4.74 Å². The van der Waals surface area contributed by atoms with Gasteiger partial charge in [-0.2, -0.15) is 0 Å². The molecule has 5 heteroatoms. The Morgan fingerprint density at radius 2 is 2.27 bits per heavy atom. The standard InChI is InChI=1S/C10H18FNO3/c1-9(2,3)15-8(14)12-5-7-4-10(7,11)6-13/h7,13H,4-6H2,1-3H3,(H,12,14)/t7-,10-/m0/s1. The third-order valence-electron chi connectivity index (χ3n) is 2.31. The van der Waals surface area contributed by atoms with Crippen LogP contribution in [0, 0.1) is 5.92 Å². The Morgan fingerprint density at radius 1 is 1.67 bits per heavy atom. The molecule has 0 aromatic heterocycles. The van der Waals surface area contributed by atoms with E-state index in [2.05, 4.69) is 5.32 Å². The van der Waals surface area contributed by atoms with Crippen LogP contribution in [0.25, 0.3) is 0 Å². The first kappa shape index (κ1) is 12.2. The number of amides is 1.